The highest BCUT2D eigenvalue weighted by Crippen LogP contribution is 2.51. The lowest BCUT2D eigenvalue weighted by Gasteiger charge is -2.52. The van der Waals surface area contributed by atoms with Gasteiger partial charge in [-0.2, -0.15) is 0 Å². The topological polar surface area (TPSA) is 61.9 Å². The van der Waals surface area contributed by atoms with Crippen molar-refractivity contribution in [2.45, 2.75) is 57.9 Å². The van der Waals surface area contributed by atoms with Crippen LogP contribution in [0.15, 0.2) is 0 Å². The van der Waals surface area contributed by atoms with Crippen LogP contribution in [0, 0.1) is 17.3 Å². The van der Waals surface area contributed by atoms with Gasteiger partial charge in [0.05, 0.1) is 6.61 Å². The number of ether oxygens (including phenoxy) is 1. The fourth-order valence-corrected chi connectivity index (χ4v) is 5.77. The predicted molar refractivity (Wildman–Crippen MR) is 98.7 cm³/mol. The molecule has 3 heterocycles. The van der Waals surface area contributed by atoms with E-state index in [9.17, 15) is 9.59 Å². The van der Waals surface area contributed by atoms with Crippen molar-refractivity contribution in [3.05, 3.63) is 0 Å². The zero-order valence-corrected chi connectivity index (χ0v) is 16.0. The summed E-state index contributed by atoms with van der Waals surface area (Å²) >= 11 is 0. The van der Waals surface area contributed by atoms with Crippen LogP contribution in [0.5, 0.6) is 0 Å². The van der Waals surface area contributed by atoms with Crippen LogP contribution >= 0.6 is 0 Å². The van der Waals surface area contributed by atoms with E-state index < -0.39 is 0 Å². The maximum Gasteiger partial charge on any atom is 0.409 e. The molecule has 4 fully saturated rings. The summed E-state index contributed by atoms with van der Waals surface area (Å²) in [7, 11) is 0. The minimum absolute atomic E-state index is 0.173. The van der Waals surface area contributed by atoms with Gasteiger partial charge in [-0.15, -0.1) is 0 Å². The Bertz CT molecular complexity index is 540. The summed E-state index contributed by atoms with van der Waals surface area (Å²) in [5, 5.41) is 3.41. The lowest BCUT2D eigenvalue weighted by Crippen LogP contribution is -2.58. The minimum atomic E-state index is -0.173. The zero-order valence-electron chi connectivity index (χ0n) is 16.0. The van der Waals surface area contributed by atoms with Crippen LogP contribution in [0.2, 0.25) is 0 Å². The van der Waals surface area contributed by atoms with Gasteiger partial charge in [0, 0.05) is 31.6 Å². The van der Waals surface area contributed by atoms with Crippen LogP contribution in [0.3, 0.4) is 0 Å². The molecule has 6 heteroatoms. The van der Waals surface area contributed by atoms with Crippen LogP contribution in [-0.2, 0) is 9.53 Å². The standard InChI is InChI=1S/C20H33N3O3/c1-2-26-19(25)22-11-7-20(14-22)12-16(13-20)23-10-3-4-17(18(23)24)15-5-8-21-9-6-15/h15-17,21H,2-14H2,1H3. The van der Waals surface area contributed by atoms with Gasteiger partial charge in [-0.05, 0) is 76.3 Å². The molecule has 146 valence electrons. The number of amides is 2. The maximum absolute atomic E-state index is 13.1. The van der Waals surface area contributed by atoms with E-state index in [2.05, 4.69) is 10.2 Å². The smallest absolute Gasteiger partial charge is 0.409 e. The van der Waals surface area contributed by atoms with Gasteiger partial charge in [0.15, 0.2) is 0 Å². The summed E-state index contributed by atoms with van der Waals surface area (Å²) in [5.41, 5.74) is 0.236. The van der Waals surface area contributed by atoms with Gasteiger partial charge in [0.1, 0.15) is 0 Å². The van der Waals surface area contributed by atoms with Gasteiger partial charge in [-0.1, -0.05) is 0 Å². The third-order valence-electron chi connectivity index (χ3n) is 7.21. The Balaban J connectivity index is 1.32. The molecule has 4 aliphatic rings. The van der Waals surface area contributed by atoms with Gasteiger partial charge in [0.2, 0.25) is 5.91 Å². The SMILES string of the molecule is CCOC(=O)N1CCC2(CC(N3CCCC(C4CCNCC4)C3=O)C2)C1. The molecule has 3 aliphatic heterocycles. The molecule has 6 nitrogen and oxygen atoms in total. The molecule has 1 aliphatic carbocycles. The van der Waals surface area contributed by atoms with Crippen molar-refractivity contribution in [3.63, 3.8) is 0 Å². The fraction of sp³-hybridized carbons (Fsp3) is 0.900. The quantitative estimate of drug-likeness (QED) is 0.835. The number of carbonyl (C=O) groups is 2. The first-order chi connectivity index (χ1) is 12.6. The molecule has 1 unspecified atom stereocenters. The first-order valence-corrected chi connectivity index (χ1v) is 10.5. The molecule has 0 radical (unpaired) electrons. The summed E-state index contributed by atoms with van der Waals surface area (Å²) in [6.07, 6.45) is 7.53. The molecule has 26 heavy (non-hydrogen) atoms. The Kier molecular flexibility index (Phi) is 5.13. The number of nitrogens with one attached hydrogen (secondary N) is 1. The highest BCUT2D eigenvalue weighted by Gasteiger charge is 2.53. The number of nitrogens with zero attached hydrogens (tertiary/aromatic N) is 2. The number of rotatable bonds is 3. The highest BCUT2D eigenvalue weighted by molar-refractivity contribution is 5.80. The van der Waals surface area contributed by atoms with E-state index in [0.29, 0.717) is 24.5 Å². The zero-order chi connectivity index (χ0) is 18.1. The van der Waals surface area contributed by atoms with E-state index in [0.717, 1.165) is 77.7 Å². The van der Waals surface area contributed by atoms with E-state index in [1.54, 1.807) is 0 Å². The number of hydrogen-bond acceptors (Lipinski definition) is 4. The van der Waals surface area contributed by atoms with Crippen LogP contribution in [0.4, 0.5) is 4.79 Å². The van der Waals surface area contributed by atoms with Crippen LogP contribution < -0.4 is 5.32 Å². The second-order valence-corrected chi connectivity index (χ2v) is 8.80. The molecule has 0 aromatic carbocycles. The molecule has 1 saturated carbocycles. The number of likely N-dealkylation sites (tertiary alicyclic amines) is 2. The average molecular weight is 364 g/mol. The second-order valence-electron chi connectivity index (χ2n) is 8.80. The molecule has 3 saturated heterocycles. The molecular weight excluding hydrogens is 330 g/mol. The maximum atomic E-state index is 13.1. The van der Waals surface area contributed by atoms with Crippen molar-refractivity contribution in [1.82, 2.24) is 15.1 Å². The lowest BCUT2D eigenvalue weighted by molar-refractivity contribution is -0.149. The van der Waals surface area contributed by atoms with Gasteiger partial charge < -0.3 is 19.9 Å². The van der Waals surface area contributed by atoms with Crippen molar-refractivity contribution >= 4 is 12.0 Å². The third-order valence-corrected chi connectivity index (χ3v) is 7.21. The summed E-state index contributed by atoms with van der Waals surface area (Å²) in [6.45, 7) is 6.95. The number of carbonyl (C=O) groups excluding carboxylic acids is 2. The molecular formula is C20H33N3O3. The van der Waals surface area contributed by atoms with Gasteiger partial charge in [-0.3, -0.25) is 4.79 Å². The van der Waals surface area contributed by atoms with Crippen molar-refractivity contribution in [2.24, 2.45) is 17.3 Å². The minimum Gasteiger partial charge on any atom is -0.450 e. The lowest BCUT2D eigenvalue weighted by atomic mass is 9.63. The fourth-order valence-electron chi connectivity index (χ4n) is 5.77. The Hall–Kier alpha value is -1.30. The molecule has 1 N–H and O–H groups in total. The monoisotopic (exact) mass is 363 g/mol. The molecule has 1 spiro atoms. The highest BCUT2D eigenvalue weighted by atomic mass is 16.6. The largest absolute Gasteiger partial charge is 0.450 e. The summed E-state index contributed by atoms with van der Waals surface area (Å²) < 4.78 is 5.15. The first kappa shape index (κ1) is 18.1. The van der Waals surface area contributed by atoms with E-state index in [1.165, 1.54) is 0 Å². The van der Waals surface area contributed by atoms with Gasteiger partial charge in [-0.25, -0.2) is 4.79 Å². The Morgan fingerprint density at radius 3 is 2.73 bits per heavy atom. The van der Waals surface area contributed by atoms with E-state index in [4.69, 9.17) is 4.74 Å². The van der Waals surface area contributed by atoms with Gasteiger partial charge >= 0.3 is 6.09 Å². The van der Waals surface area contributed by atoms with Crippen molar-refractivity contribution < 1.29 is 14.3 Å². The van der Waals surface area contributed by atoms with Crippen LogP contribution in [-0.4, -0.2) is 67.2 Å². The van der Waals surface area contributed by atoms with Crippen molar-refractivity contribution in [3.8, 4) is 0 Å². The third kappa shape index (κ3) is 3.32. The summed E-state index contributed by atoms with van der Waals surface area (Å²) in [6, 6.07) is 0.397. The molecule has 2 amide bonds. The van der Waals surface area contributed by atoms with E-state index in [-0.39, 0.29) is 17.4 Å². The normalized spacial score (nSPS) is 35.7. The van der Waals surface area contributed by atoms with Crippen molar-refractivity contribution in [1.29, 1.82) is 0 Å². The Morgan fingerprint density at radius 1 is 1.23 bits per heavy atom. The second kappa shape index (κ2) is 7.37. The van der Waals surface area contributed by atoms with E-state index in [1.807, 2.05) is 11.8 Å². The predicted octanol–water partition coefficient (Wildman–Crippen LogP) is 2.24. The number of hydrogen-bond donors (Lipinski definition) is 1. The Morgan fingerprint density at radius 2 is 2.00 bits per heavy atom. The van der Waals surface area contributed by atoms with Gasteiger partial charge in [0.25, 0.3) is 0 Å². The number of piperidine rings is 2. The molecule has 1 atom stereocenters. The molecule has 0 aromatic heterocycles. The summed E-state index contributed by atoms with van der Waals surface area (Å²) in [4.78, 5) is 29.2. The summed E-state index contributed by atoms with van der Waals surface area (Å²) in [5.74, 6) is 1.25. The average Bonchev–Trinajstić information content (AvgIpc) is 3.08. The molecule has 0 aromatic rings. The van der Waals surface area contributed by atoms with Crippen LogP contribution in [0.1, 0.15) is 51.9 Å². The first-order valence-electron chi connectivity index (χ1n) is 10.5. The molecule has 0 bridgehead atoms. The van der Waals surface area contributed by atoms with Crippen LogP contribution in [0.25, 0.3) is 0 Å². The Labute approximate surface area is 156 Å². The molecule has 4 rings (SSSR count). The van der Waals surface area contributed by atoms with Crippen molar-refractivity contribution in [2.75, 3.05) is 39.3 Å². The van der Waals surface area contributed by atoms with E-state index >= 15 is 0 Å².